The van der Waals surface area contributed by atoms with Gasteiger partial charge in [0, 0.05) is 0 Å². The number of hydrogen-bond donors (Lipinski definition) is 0. The third-order valence-electron chi connectivity index (χ3n) is 1.64. The zero-order valence-corrected chi connectivity index (χ0v) is 6.63. The Balaban J connectivity index is 4.72. The quantitative estimate of drug-likeness (QED) is 0.451. The number of carbonyl (C=O) groups excluding carboxylic acids is 2. The molecule has 0 unspecified atom stereocenters. The first-order valence-electron chi connectivity index (χ1n) is 3.42. The van der Waals surface area contributed by atoms with Crippen molar-refractivity contribution in [3.63, 3.8) is 0 Å². The first-order valence-corrected chi connectivity index (χ1v) is 3.42. The highest BCUT2D eigenvalue weighted by atomic mass is 16.1. The monoisotopic (exact) mass is 154 g/mol. The summed E-state index contributed by atoms with van der Waals surface area (Å²) in [5, 5.41) is 0. The van der Waals surface area contributed by atoms with Crippen LogP contribution in [0.1, 0.15) is 26.7 Å². The lowest BCUT2D eigenvalue weighted by Crippen LogP contribution is -2.20. The van der Waals surface area contributed by atoms with E-state index in [1.165, 1.54) is 12.2 Å². The van der Waals surface area contributed by atoms with E-state index in [0.717, 1.165) is 0 Å². The van der Waals surface area contributed by atoms with Gasteiger partial charge in [0.15, 0.2) is 5.66 Å². The van der Waals surface area contributed by atoms with Crippen molar-refractivity contribution in [2.24, 2.45) is 9.98 Å². The first-order chi connectivity index (χ1) is 5.24. The Bertz CT molecular complexity index is 188. The van der Waals surface area contributed by atoms with Gasteiger partial charge in [-0.1, -0.05) is 13.8 Å². The molecular weight excluding hydrogens is 144 g/mol. The molecule has 60 valence electrons. The molecule has 0 aliphatic rings. The van der Waals surface area contributed by atoms with E-state index in [1.54, 1.807) is 13.8 Å². The van der Waals surface area contributed by atoms with Crippen LogP contribution in [-0.4, -0.2) is 17.8 Å². The Kier molecular flexibility index (Phi) is 4.04. The van der Waals surface area contributed by atoms with Crippen LogP contribution in [0, 0.1) is 0 Å². The van der Waals surface area contributed by atoms with E-state index in [-0.39, 0.29) is 0 Å². The third kappa shape index (κ3) is 2.46. The lowest BCUT2D eigenvalue weighted by molar-refractivity contribution is 0.410. The molecule has 0 atom stereocenters. The van der Waals surface area contributed by atoms with Crippen LogP contribution in [0.15, 0.2) is 9.98 Å². The van der Waals surface area contributed by atoms with E-state index >= 15 is 0 Å². The molecule has 0 aliphatic heterocycles. The Labute approximate surface area is 65.0 Å². The zero-order chi connectivity index (χ0) is 8.74. The Hall–Kier alpha value is -1.24. The van der Waals surface area contributed by atoms with E-state index in [1.807, 2.05) is 0 Å². The minimum Gasteiger partial charge on any atom is -0.211 e. The molecule has 0 aromatic heterocycles. The van der Waals surface area contributed by atoms with Gasteiger partial charge < -0.3 is 0 Å². The fourth-order valence-corrected chi connectivity index (χ4v) is 0.761. The van der Waals surface area contributed by atoms with Crippen molar-refractivity contribution < 1.29 is 9.59 Å². The maximum atomic E-state index is 9.93. The minimum atomic E-state index is -0.913. The molecule has 0 saturated carbocycles. The van der Waals surface area contributed by atoms with Crippen molar-refractivity contribution in [1.82, 2.24) is 0 Å². The molecule has 0 radical (unpaired) electrons. The van der Waals surface area contributed by atoms with E-state index in [2.05, 4.69) is 9.98 Å². The van der Waals surface area contributed by atoms with Crippen LogP contribution < -0.4 is 0 Å². The van der Waals surface area contributed by atoms with E-state index in [4.69, 9.17) is 0 Å². The van der Waals surface area contributed by atoms with Crippen molar-refractivity contribution in [3.05, 3.63) is 0 Å². The van der Waals surface area contributed by atoms with Crippen LogP contribution in [0.4, 0.5) is 0 Å². The van der Waals surface area contributed by atoms with Crippen LogP contribution in [-0.2, 0) is 9.59 Å². The maximum absolute atomic E-state index is 9.93. The normalized spacial score (nSPS) is 9.64. The second-order valence-electron chi connectivity index (χ2n) is 2.10. The summed E-state index contributed by atoms with van der Waals surface area (Å²) in [6, 6.07) is 0. The van der Waals surface area contributed by atoms with Crippen molar-refractivity contribution in [2.45, 2.75) is 32.4 Å². The van der Waals surface area contributed by atoms with Crippen LogP contribution in [0.5, 0.6) is 0 Å². The molecule has 0 aliphatic carbocycles. The minimum absolute atomic E-state index is 0.508. The van der Waals surface area contributed by atoms with Gasteiger partial charge in [0.05, 0.1) is 0 Å². The summed E-state index contributed by atoms with van der Waals surface area (Å²) >= 11 is 0. The highest BCUT2D eigenvalue weighted by Crippen LogP contribution is 2.20. The number of nitrogens with zero attached hydrogens (tertiary/aromatic N) is 2. The molecule has 0 fully saturated rings. The fraction of sp³-hybridized carbons (Fsp3) is 0.714. The van der Waals surface area contributed by atoms with Crippen LogP contribution in [0.25, 0.3) is 0 Å². The van der Waals surface area contributed by atoms with Crippen molar-refractivity contribution >= 4 is 12.2 Å². The molecule has 0 saturated heterocycles. The molecule has 4 heteroatoms. The van der Waals surface area contributed by atoms with Crippen molar-refractivity contribution in [2.75, 3.05) is 0 Å². The number of aliphatic imine (C=N–C) groups is 2. The van der Waals surface area contributed by atoms with Crippen LogP contribution in [0.2, 0.25) is 0 Å². The summed E-state index contributed by atoms with van der Waals surface area (Å²) in [6.45, 7) is 3.59. The SMILES string of the molecule is CCC(CC)(N=C=O)N=C=O. The topological polar surface area (TPSA) is 58.9 Å². The molecule has 0 amide bonds. The summed E-state index contributed by atoms with van der Waals surface area (Å²) in [7, 11) is 0. The van der Waals surface area contributed by atoms with Gasteiger partial charge in [0.2, 0.25) is 12.2 Å². The van der Waals surface area contributed by atoms with Gasteiger partial charge in [-0.25, -0.2) is 9.59 Å². The molecule has 0 N–H and O–H groups in total. The molecular formula is C7H10N2O2. The molecule has 0 bridgehead atoms. The van der Waals surface area contributed by atoms with Crippen LogP contribution in [0.3, 0.4) is 0 Å². The summed E-state index contributed by atoms with van der Waals surface area (Å²) in [6.07, 6.45) is 3.81. The standard InChI is InChI=1S/C7H10N2O2/c1-3-7(4-2,8-5-10)9-6-11/h3-4H2,1-2H3. The van der Waals surface area contributed by atoms with Gasteiger partial charge in [-0.3, -0.25) is 0 Å². The molecule has 0 spiro atoms. The third-order valence-corrected chi connectivity index (χ3v) is 1.64. The maximum Gasteiger partial charge on any atom is 0.237 e. The molecule has 0 aromatic carbocycles. The molecule has 0 aromatic rings. The first kappa shape index (κ1) is 9.76. The summed E-state index contributed by atoms with van der Waals surface area (Å²) < 4.78 is 0. The molecule has 0 rings (SSSR count). The van der Waals surface area contributed by atoms with Gasteiger partial charge >= 0.3 is 0 Å². The molecule has 4 nitrogen and oxygen atoms in total. The number of rotatable bonds is 4. The van der Waals surface area contributed by atoms with Gasteiger partial charge in [-0.2, -0.15) is 9.98 Å². The van der Waals surface area contributed by atoms with Crippen molar-refractivity contribution in [1.29, 1.82) is 0 Å². The Morgan fingerprint density at radius 2 is 1.45 bits per heavy atom. The highest BCUT2D eigenvalue weighted by Gasteiger charge is 2.23. The molecule has 11 heavy (non-hydrogen) atoms. The predicted octanol–water partition coefficient (Wildman–Crippen LogP) is 1.17. The highest BCUT2D eigenvalue weighted by molar-refractivity contribution is 5.38. The van der Waals surface area contributed by atoms with E-state index < -0.39 is 5.66 Å². The number of hydrogen-bond acceptors (Lipinski definition) is 4. The predicted molar refractivity (Wildman–Crippen MR) is 39.6 cm³/mol. The summed E-state index contributed by atoms with van der Waals surface area (Å²) in [5.74, 6) is 0. The lowest BCUT2D eigenvalue weighted by atomic mass is 10.1. The second kappa shape index (κ2) is 4.56. The largest absolute Gasteiger partial charge is 0.237 e. The Morgan fingerprint density at radius 3 is 1.64 bits per heavy atom. The van der Waals surface area contributed by atoms with E-state index in [0.29, 0.717) is 12.8 Å². The summed E-state index contributed by atoms with van der Waals surface area (Å²) in [4.78, 5) is 26.8. The van der Waals surface area contributed by atoms with Crippen molar-refractivity contribution in [3.8, 4) is 0 Å². The fourth-order valence-electron chi connectivity index (χ4n) is 0.761. The van der Waals surface area contributed by atoms with E-state index in [9.17, 15) is 9.59 Å². The van der Waals surface area contributed by atoms with Gasteiger partial charge in [-0.15, -0.1) is 0 Å². The zero-order valence-electron chi connectivity index (χ0n) is 6.63. The lowest BCUT2D eigenvalue weighted by Gasteiger charge is -2.16. The van der Waals surface area contributed by atoms with Gasteiger partial charge in [0.1, 0.15) is 0 Å². The molecule has 0 heterocycles. The summed E-state index contributed by atoms with van der Waals surface area (Å²) in [5.41, 5.74) is -0.913. The average Bonchev–Trinajstić information content (AvgIpc) is 2.04. The van der Waals surface area contributed by atoms with Crippen LogP contribution >= 0.6 is 0 Å². The smallest absolute Gasteiger partial charge is 0.211 e. The second-order valence-corrected chi connectivity index (χ2v) is 2.10. The van der Waals surface area contributed by atoms with Gasteiger partial charge in [0.25, 0.3) is 0 Å². The average molecular weight is 154 g/mol. The van der Waals surface area contributed by atoms with Gasteiger partial charge in [-0.05, 0) is 12.8 Å². The number of isocyanates is 2. The Morgan fingerprint density at radius 1 is 1.09 bits per heavy atom.